The van der Waals surface area contributed by atoms with Crippen LogP contribution in [0.5, 0.6) is 0 Å². The van der Waals surface area contributed by atoms with Crippen LogP contribution in [0.15, 0.2) is 18.2 Å². The molecule has 0 aliphatic rings. The van der Waals surface area contributed by atoms with E-state index in [0.717, 1.165) is 5.39 Å². The highest BCUT2D eigenvalue weighted by molar-refractivity contribution is 5.98. The number of nitrogens with zero attached hydrogens (tertiary/aromatic N) is 1. The second kappa shape index (κ2) is 3.14. The Morgan fingerprint density at radius 1 is 1.53 bits per heavy atom. The van der Waals surface area contributed by atoms with Crippen molar-refractivity contribution in [3.05, 3.63) is 35.0 Å². The quantitative estimate of drug-likeness (QED) is 0.739. The number of carboxylic acids is 1. The summed E-state index contributed by atoms with van der Waals surface area (Å²) >= 11 is 0. The molecule has 2 aromatic rings. The molecule has 74 valence electrons. The zero-order valence-electron chi connectivity index (χ0n) is 8.03. The van der Waals surface area contributed by atoms with E-state index in [9.17, 15) is 4.79 Å². The van der Waals surface area contributed by atoms with Crippen molar-refractivity contribution in [3.63, 3.8) is 0 Å². The van der Waals surface area contributed by atoms with Gasteiger partial charge in [-0.05, 0) is 18.6 Å². The Kier molecular flexibility index (Phi) is 1.94. The molecule has 0 fully saturated rings. The smallest absolute Gasteiger partial charge is 0.352 e. The topological polar surface area (TPSA) is 76.9 Å². The molecule has 0 aliphatic heterocycles. The zero-order valence-corrected chi connectivity index (χ0v) is 8.03. The van der Waals surface area contributed by atoms with Crippen molar-refractivity contribution in [2.24, 2.45) is 0 Å². The number of hydrogen-bond donors (Lipinski definition) is 2. The zero-order chi connectivity index (χ0) is 11.0. The van der Waals surface area contributed by atoms with E-state index >= 15 is 0 Å². The number of H-pyrrole nitrogens is 1. The molecule has 0 radical (unpaired) electrons. The molecule has 0 saturated heterocycles. The number of aromatic carboxylic acids is 1. The van der Waals surface area contributed by atoms with Gasteiger partial charge in [-0.25, -0.2) is 4.79 Å². The van der Waals surface area contributed by atoms with Gasteiger partial charge in [-0.2, -0.15) is 5.26 Å². The standard InChI is InChI=1S/C11H8N2O2/c1-6-8-4-2-3-7(5-12)10(8)13-9(6)11(14)15/h2-4,13H,1H3,(H,14,15). The second-order valence-corrected chi connectivity index (χ2v) is 3.27. The van der Waals surface area contributed by atoms with Gasteiger partial charge in [0, 0.05) is 5.39 Å². The predicted molar refractivity (Wildman–Crippen MR) is 54.7 cm³/mol. The van der Waals surface area contributed by atoms with Gasteiger partial charge in [0.15, 0.2) is 0 Å². The number of benzene rings is 1. The second-order valence-electron chi connectivity index (χ2n) is 3.27. The van der Waals surface area contributed by atoms with Crippen LogP contribution in [-0.2, 0) is 0 Å². The maximum atomic E-state index is 10.9. The van der Waals surface area contributed by atoms with Crippen LogP contribution in [0.4, 0.5) is 0 Å². The minimum absolute atomic E-state index is 0.146. The number of carboxylic acid groups (broad SMARTS) is 1. The highest BCUT2D eigenvalue weighted by Crippen LogP contribution is 2.24. The molecule has 0 bridgehead atoms. The Hall–Kier alpha value is -2.28. The van der Waals surface area contributed by atoms with Crippen molar-refractivity contribution >= 4 is 16.9 Å². The Balaban J connectivity index is 2.88. The van der Waals surface area contributed by atoms with Crippen LogP contribution in [0, 0.1) is 18.3 Å². The summed E-state index contributed by atoms with van der Waals surface area (Å²) in [4.78, 5) is 13.6. The number of nitrogens with one attached hydrogen (secondary N) is 1. The van der Waals surface area contributed by atoms with Gasteiger partial charge in [-0.3, -0.25) is 0 Å². The van der Waals surface area contributed by atoms with Crippen molar-refractivity contribution in [2.45, 2.75) is 6.92 Å². The molecule has 4 nitrogen and oxygen atoms in total. The molecular weight excluding hydrogens is 192 g/mol. The van der Waals surface area contributed by atoms with Gasteiger partial charge in [-0.1, -0.05) is 12.1 Å². The van der Waals surface area contributed by atoms with E-state index in [-0.39, 0.29) is 5.69 Å². The van der Waals surface area contributed by atoms with Gasteiger partial charge < -0.3 is 10.1 Å². The average molecular weight is 200 g/mol. The Bertz CT molecular complexity index is 590. The number of aryl methyl sites for hydroxylation is 1. The molecule has 1 heterocycles. The van der Waals surface area contributed by atoms with E-state index in [0.29, 0.717) is 16.6 Å². The van der Waals surface area contributed by atoms with E-state index in [1.807, 2.05) is 6.07 Å². The Labute approximate surface area is 85.8 Å². The van der Waals surface area contributed by atoms with Crippen LogP contribution in [0.25, 0.3) is 10.9 Å². The van der Waals surface area contributed by atoms with E-state index in [1.165, 1.54) is 0 Å². The summed E-state index contributed by atoms with van der Waals surface area (Å²) in [6.07, 6.45) is 0. The maximum Gasteiger partial charge on any atom is 0.352 e. The fourth-order valence-corrected chi connectivity index (χ4v) is 1.66. The number of aromatic nitrogens is 1. The molecule has 1 aromatic heterocycles. The molecule has 4 heteroatoms. The van der Waals surface area contributed by atoms with E-state index in [1.54, 1.807) is 25.1 Å². The Morgan fingerprint density at radius 3 is 2.87 bits per heavy atom. The molecule has 15 heavy (non-hydrogen) atoms. The number of carbonyl (C=O) groups is 1. The summed E-state index contributed by atoms with van der Waals surface area (Å²) in [6, 6.07) is 7.23. The average Bonchev–Trinajstić information content (AvgIpc) is 2.56. The van der Waals surface area contributed by atoms with Crippen LogP contribution in [0.3, 0.4) is 0 Å². The van der Waals surface area contributed by atoms with Crippen molar-refractivity contribution in [1.82, 2.24) is 4.98 Å². The third kappa shape index (κ3) is 1.25. The molecule has 0 unspecified atom stereocenters. The molecule has 0 aliphatic carbocycles. The van der Waals surface area contributed by atoms with Gasteiger partial charge in [-0.15, -0.1) is 0 Å². The highest BCUT2D eigenvalue weighted by atomic mass is 16.4. The maximum absolute atomic E-state index is 10.9. The lowest BCUT2D eigenvalue weighted by atomic mass is 10.1. The van der Waals surface area contributed by atoms with E-state index < -0.39 is 5.97 Å². The molecule has 0 saturated carbocycles. The number of fused-ring (bicyclic) bond motifs is 1. The molecule has 2 rings (SSSR count). The van der Waals surface area contributed by atoms with Crippen LogP contribution in [0.2, 0.25) is 0 Å². The van der Waals surface area contributed by atoms with Gasteiger partial charge >= 0.3 is 5.97 Å². The van der Waals surface area contributed by atoms with Crippen molar-refractivity contribution in [2.75, 3.05) is 0 Å². The minimum atomic E-state index is -1.01. The predicted octanol–water partition coefficient (Wildman–Crippen LogP) is 2.05. The third-order valence-electron chi connectivity index (χ3n) is 2.43. The SMILES string of the molecule is Cc1c(C(=O)O)[nH]c2c(C#N)cccc12. The number of hydrogen-bond acceptors (Lipinski definition) is 2. The number of rotatable bonds is 1. The van der Waals surface area contributed by atoms with Crippen LogP contribution in [-0.4, -0.2) is 16.1 Å². The summed E-state index contributed by atoms with van der Waals surface area (Å²) in [5.41, 5.74) is 1.86. The van der Waals surface area contributed by atoms with Crippen LogP contribution in [0.1, 0.15) is 21.6 Å². The first kappa shape index (κ1) is 9.28. The normalized spacial score (nSPS) is 10.1. The minimum Gasteiger partial charge on any atom is -0.477 e. The summed E-state index contributed by atoms with van der Waals surface area (Å²) < 4.78 is 0. The van der Waals surface area contributed by atoms with E-state index in [2.05, 4.69) is 4.98 Å². The van der Waals surface area contributed by atoms with Gasteiger partial charge in [0.2, 0.25) is 0 Å². The lowest BCUT2D eigenvalue weighted by Gasteiger charge is -1.92. The fourth-order valence-electron chi connectivity index (χ4n) is 1.66. The number of aromatic amines is 1. The number of para-hydroxylation sites is 1. The largest absolute Gasteiger partial charge is 0.477 e. The lowest BCUT2D eigenvalue weighted by Crippen LogP contribution is -1.98. The summed E-state index contributed by atoms with van der Waals surface area (Å²) in [7, 11) is 0. The lowest BCUT2D eigenvalue weighted by molar-refractivity contribution is 0.0691. The van der Waals surface area contributed by atoms with Crippen molar-refractivity contribution < 1.29 is 9.90 Å². The molecule has 0 spiro atoms. The van der Waals surface area contributed by atoms with Crippen molar-refractivity contribution in [3.8, 4) is 6.07 Å². The molecule has 1 aromatic carbocycles. The number of nitriles is 1. The fraction of sp³-hybridized carbons (Fsp3) is 0.0909. The molecular formula is C11H8N2O2. The summed E-state index contributed by atoms with van der Waals surface area (Å²) in [5.74, 6) is -1.01. The molecule has 2 N–H and O–H groups in total. The van der Waals surface area contributed by atoms with Gasteiger partial charge in [0.25, 0.3) is 0 Å². The first-order valence-corrected chi connectivity index (χ1v) is 4.40. The first-order valence-electron chi connectivity index (χ1n) is 4.40. The van der Waals surface area contributed by atoms with Gasteiger partial charge in [0.1, 0.15) is 11.8 Å². The monoisotopic (exact) mass is 200 g/mol. The molecule has 0 atom stereocenters. The summed E-state index contributed by atoms with van der Waals surface area (Å²) in [6.45, 7) is 1.73. The molecule has 0 amide bonds. The van der Waals surface area contributed by atoms with Gasteiger partial charge in [0.05, 0.1) is 11.1 Å². The highest BCUT2D eigenvalue weighted by Gasteiger charge is 2.14. The van der Waals surface area contributed by atoms with Crippen LogP contribution >= 0.6 is 0 Å². The Morgan fingerprint density at radius 2 is 2.27 bits per heavy atom. The third-order valence-corrected chi connectivity index (χ3v) is 2.43. The van der Waals surface area contributed by atoms with Crippen molar-refractivity contribution in [1.29, 1.82) is 5.26 Å². The summed E-state index contributed by atoms with van der Waals surface area (Å²) in [5, 5.41) is 18.6. The van der Waals surface area contributed by atoms with Crippen LogP contribution < -0.4 is 0 Å². The van der Waals surface area contributed by atoms with E-state index in [4.69, 9.17) is 10.4 Å². The first-order chi connectivity index (χ1) is 7.15.